The number of nitrogens with one attached hydrogen (secondary N) is 2. The fourth-order valence-electron chi connectivity index (χ4n) is 3.35. The maximum absolute atomic E-state index is 4.05. The quantitative estimate of drug-likeness (QED) is 0.911. The van der Waals surface area contributed by atoms with E-state index < -0.39 is 0 Å². The monoisotopic (exact) mass is 298 g/mol. The van der Waals surface area contributed by atoms with Crippen LogP contribution in [0.2, 0.25) is 0 Å². The third-order valence-electron chi connectivity index (χ3n) is 4.40. The van der Waals surface area contributed by atoms with Gasteiger partial charge in [0.2, 0.25) is 0 Å². The Morgan fingerprint density at radius 1 is 1.36 bits per heavy atom. The predicted octanol–water partition coefficient (Wildman–Crippen LogP) is 3.21. The molecule has 1 aromatic heterocycles. The Bertz CT molecular complexity index is 604. The van der Waals surface area contributed by atoms with E-state index in [1.807, 2.05) is 12.4 Å². The molecule has 1 atom stereocenters. The first-order chi connectivity index (χ1) is 10.6. The minimum absolute atomic E-state index is 0.600. The molecule has 1 aromatic carbocycles. The topological polar surface area (TPSA) is 44.0 Å². The predicted molar refractivity (Wildman–Crippen MR) is 92.2 cm³/mol. The molecule has 1 fully saturated rings. The van der Waals surface area contributed by atoms with Crippen molar-refractivity contribution in [1.82, 2.24) is 15.5 Å². The summed E-state index contributed by atoms with van der Waals surface area (Å²) in [4.78, 5) is 2.51. The molecular weight excluding hydrogens is 272 g/mol. The number of piperazine rings is 1. The van der Waals surface area contributed by atoms with Crippen molar-refractivity contribution < 1.29 is 0 Å². The van der Waals surface area contributed by atoms with E-state index in [1.54, 1.807) is 0 Å². The van der Waals surface area contributed by atoms with Crippen molar-refractivity contribution in [1.29, 1.82) is 0 Å². The summed E-state index contributed by atoms with van der Waals surface area (Å²) < 4.78 is 0. The summed E-state index contributed by atoms with van der Waals surface area (Å²) in [7, 11) is 0. The fourth-order valence-corrected chi connectivity index (χ4v) is 3.35. The van der Waals surface area contributed by atoms with E-state index in [1.165, 1.54) is 23.2 Å². The first-order valence-electron chi connectivity index (χ1n) is 8.21. The molecule has 4 heteroatoms. The lowest BCUT2D eigenvalue weighted by atomic mass is 10.00. The molecule has 0 aliphatic carbocycles. The number of anilines is 1. The second-order valence-corrected chi connectivity index (χ2v) is 6.71. The van der Waals surface area contributed by atoms with Crippen molar-refractivity contribution in [2.24, 2.45) is 5.92 Å². The smallest absolute Gasteiger partial charge is 0.0565 e. The molecule has 0 spiro atoms. The number of benzene rings is 1. The van der Waals surface area contributed by atoms with Gasteiger partial charge in [-0.05, 0) is 42.5 Å². The van der Waals surface area contributed by atoms with E-state index >= 15 is 0 Å². The SMILES string of the molecule is Cc1cc(N2CCNC(CC(C)C)C2)ccc1-c1cn[nH]c1. The highest BCUT2D eigenvalue weighted by molar-refractivity contribution is 5.69. The van der Waals surface area contributed by atoms with Crippen LogP contribution in [0.25, 0.3) is 11.1 Å². The van der Waals surface area contributed by atoms with Crippen LogP contribution in [-0.4, -0.2) is 35.9 Å². The number of hydrogen-bond acceptors (Lipinski definition) is 3. The Hall–Kier alpha value is -1.81. The lowest BCUT2D eigenvalue weighted by molar-refractivity contribution is 0.388. The van der Waals surface area contributed by atoms with Crippen molar-refractivity contribution in [2.75, 3.05) is 24.5 Å². The molecule has 1 aliphatic rings. The number of aromatic amines is 1. The molecule has 4 nitrogen and oxygen atoms in total. The average molecular weight is 298 g/mol. The molecule has 0 saturated carbocycles. The van der Waals surface area contributed by atoms with Crippen LogP contribution in [0, 0.1) is 12.8 Å². The lowest BCUT2D eigenvalue weighted by Crippen LogP contribution is -2.51. The van der Waals surface area contributed by atoms with Crippen LogP contribution in [0.5, 0.6) is 0 Å². The van der Waals surface area contributed by atoms with Gasteiger partial charge >= 0.3 is 0 Å². The lowest BCUT2D eigenvalue weighted by Gasteiger charge is -2.36. The van der Waals surface area contributed by atoms with Gasteiger partial charge in [-0.2, -0.15) is 5.10 Å². The largest absolute Gasteiger partial charge is 0.369 e. The first kappa shape index (κ1) is 15.1. The summed E-state index contributed by atoms with van der Waals surface area (Å²) in [6.45, 7) is 10.0. The highest BCUT2D eigenvalue weighted by atomic mass is 15.2. The number of nitrogens with zero attached hydrogens (tertiary/aromatic N) is 2. The minimum atomic E-state index is 0.600. The number of aryl methyl sites for hydroxylation is 1. The van der Waals surface area contributed by atoms with Crippen molar-refractivity contribution in [3.05, 3.63) is 36.2 Å². The number of rotatable bonds is 4. The van der Waals surface area contributed by atoms with Crippen molar-refractivity contribution in [2.45, 2.75) is 33.2 Å². The van der Waals surface area contributed by atoms with Crippen molar-refractivity contribution in [3.8, 4) is 11.1 Å². The molecule has 1 aliphatic heterocycles. The van der Waals surface area contributed by atoms with Crippen LogP contribution in [0.15, 0.2) is 30.6 Å². The summed E-state index contributed by atoms with van der Waals surface area (Å²) in [6.07, 6.45) is 5.07. The van der Waals surface area contributed by atoms with E-state index in [9.17, 15) is 0 Å². The van der Waals surface area contributed by atoms with E-state index in [0.29, 0.717) is 6.04 Å². The number of hydrogen-bond donors (Lipinski definition) is 2. The standard InChI is InChI=1S/C18H26N4/c1-13(2)8-16-12-22(7-6-19-16)17-4-5-18(14(3)9-17)15-10-20-21-11-15/h4-5,9-11,13,16,19H,6-8,12H2,1-3H3,(H,20,21). The van der Waals surface area contributed by atoms with Crippen LogP contribution >= 0.6 is 0 Å². The Morgan fingerprint density at radius 3 is 2.91 bits per heavy atom. The van der Waals surface area contributed by atoms with Gasteiger partial charge in [0.1, 0.15) is 0 Å². The van der Waals surface area contributed by atoms with E-state index in [0.717, 1.165) is 31.1 Å². The molecule has 2 aromatic rings. The van der Waals surface area contributed by atoms with Crippen molar-refractivity contribution in [3.63, 3.8) is 0 Å². The van der Waals surface area contributed by atoms with Gasteiger partial charge in [0.15, 0.2) is 0 Å². The van der Waals surface area contributed by atoms with Crippen LogP contribution in [0.3, 0.4) is 0 Å². The van der Waals surface area contributed by atoms with E-state index in [4.69, 9.17) is 0 Å². The summed E-state index contributed by atoms with van der Waals surface area (Å²) in [6, 6.07) is 7.37. The summed E-state index contributed by atoms with van der Waals surface area (Å²) in [5.41, 5.74) is 5.05. The van der Waals surface area contributed by atoms with Gasteiger partial charge in [0.25, 0.3) is 0 Å². The third-order valence-corrected chi connectivity index (χ3v) is 4.40. The molecule has 0 amide bonds. The van der Waals surface area contributed by atoms with Crippen LogP contribution in [0.1, 0.15) is 25.8 Å². The molecule has 118 valence electrons. The molecule has 0 bridgehead atoms. The summed E-state index contributed by atoms with van der Waals surface area (Å²) in [5.74, 6) is 0.739. The minimum Gasteiger partial charge on any atom is -0.369 e. The van der Waals surface area contributed by atoms with Crippen LogP contribution in [0.4, 0.5) is 5.69 Å². The van der Waals surface area contributed by atoms with Gasteiger partial charge in [-0.15, -0.1) is 0 Å². The van der Waals surface area contributed by atoms with Crippen molar-refractivity contribution >= 4 is 5.69 Å². The third kappa shape index (κ3) is 3.33. The summed E-state index contributed by atoms with van der Waals surface area (Å²) >= 11 is 0. The Balaban J connectivity index is 1.76. The maximum atomic E-state index is 4.05. The van der Waals surface area contributed by atoms with Crippen LogP contribution in [-0.2, 0) is 0 Å². The Morgan fingerprint density at radius 2 is 2.23 bits per heavy atom. The van der Waals surface area contributed by atoms with Gasteiger partial charge in [-0.25, -0.2) is 0 Å². The van der Waals surface area contributed by atoms with Gasteiger partial charge in [0.05, 0.1) is 6.20 Å². The maximum Gasteiger partial charge on any atom is 0.0565 e. The Labute approximate surface area is 132 Å². The van der Waals surface area contributed by atoms with Gasteiger partial charge in [0, 0.05) is 43.1 Å². The molecular formula is C18H26N4. The second-order valence-electron chi connectivity index (χ2n) is 6.71. The number of aromatic nitrogens is 2. The second kappa shape index (κ2) is 6.53. The summed E-state index contributed by atoms with van der Waals surface area (Å²) in [5, 5.41) is 10.6. The molecule has 1 unspecified atom stereocenters. The zero-order valence-electron chi connectivity index (χ0n) is 13.8. The highest BCUT2D eigenvalue weighted by Gasteiger charge is 2.20. The van der Waals surface area contributed by atoms with Gasteiger partial charge in [-0.1, -0.05) is 19.9 Å². The molecule has 0 radical (unpaired) electrons. The molecule has 2 heterocycles. The highest BCUT2D eigenvalue weighted by Crippen LogP contribution is 2.27. The fraction of sp³-hybridized carbons (Fsp3) is 0.500. The zero-order valence-corrected chi connectivity index (χ0v) is 13.8. The molecule has 3 rings (SSSR count). The van der Waals surface area contributed by atoms with E-state index in [-0.39, 0.29) is 0 Å². The normalized spacial score (nSPS) is 18.9. The van der Waals surface area contributed by atoms with Crippen LogP contribution < -0.4 is 10.2 Å². The number of H-pyrrole nitrogens is 1. The van der Waals surface area contributed by atoms with Gasteiger partial charge in [-0.3, -0.25) is 5.10 Å². The Kier molecular flexibility index (Phi) is 4.48. The molecule has 22 heavy (non-hydrogen) atoms. The van der Waals surface area contributed by atoms with E-state index in [2.05, 4.69) is 59.4 Å². The molecule has 1 saturated heterocycles. The molecule has 2 N–H and O–H groups in total. The van der Waals surface area contributed by atoms with Gasteiger partial charge < -0.3 is 10.2 Å². The first-order valence-corrected chi connectivity index (χ1v) is 8.21. The zero-order chi connectivity index (χ0) is 15.5. The average Bonchev–Trinajstić information content (AvgIpc) is 3.00.